The molecule has 0 radical (unpaired) electrons. The van der Waals surface area contributed by atoms with Crippen LogP contribution in [0.25, 0.3) is 0 Å². The van der Waals surface area contributed by atoms with Crippen LogP contribution in [0.2, 0.25) is 0 Å². The summed E-state index contributed by atoms with van der Waals surface area (Å²) in [5, 5.41) is 4.04. The molecule has 6 heteroatoms. The zero-order valence-corrected chi connectivity index (χ0v) is 17.1. The predicted molar refractivity (Wildman–Crippen MR) is 109 cm³/mol. The monoisotopic (exact) mass is 391 g/mol. The summed E-state index contributed by atoms with van der Waals surface area (Å²) in [4.78, 5) is 0. The average Bonchev–Trinajstić information content (AvgIpc) is 3.14. The maximum absolute atomic E-state index is 12.6. The molecule has 0 aliphatic carbocycles. The van der Waals surface area contributed by atoms with Crippen molar-refractivity contribution in [2.75, 3.05) is 13.2 Å². The Balaban J connectivity index is 1.90. The van der Waals surface area contributed by atoms with E-state index in [9.17, 15) is 4.21 Å². The van der Waals surface area contributed by atoms with Gasteiger partial charge in [0.15, 0.2) is 0 Å². The van der Waals surface area contributed by atoms with E-state index in [1.807, 2.05) is 61.9 Å². The van der Waals surface area contributed by atoms with Crippen LogP contribution < -0.4 is 4.74 Å². The van der Waals surface area contributed by atoms with Crippen molar-refractivity contribution in [3.05, 3.63) is 52.2 Å². The van der Waals surface area contributed by atoms with Crippen molar-refractivity contribution in [3.8, 4) is 5.75 Å². The topological polar surface area (TPSA) is 47.9 Å². The number of ether oxygens (including phenoxy) is 2. The molecule has 1 aliphatic rings. The van der Waals surface area contributed by atoms with E-state index < -0.39 is 15.7 Å². The Bertz CT molecular complexity index is 773. The quantitative estimate of drug-likeness (QED) is 0.700. The molecule has 1 unspecified atom stereocenters. The van der Waals surface area contributed by atoms with Gasteiger partial charge in [0.2, 0.25) is 0 Å². The van der Waals surface area contributed by atoms with E-state index in [0.29, 0.717) is 0 Å². The van der Waals surface area contributed by atoms with Gasteiger partial charge in [-0.15, -0.1) is 0 Å². The fourth-order valence-electron chi connectivity index (χ4n) is 2.59. The Morgan fingerprint density at radius 2 is 2.00 bits per heavy atom. The Labute approximate surface area is 161 Å². The van der Waals surface area contributed by atoms with E-state index in [2.05, 4.69) is 4.40 Å². The number of benzene rings is 1. The Hall–Kier alpha value is -1.50. The second kappa shape index (κ2) is 8.46. The lowest BCUT2D eigenvalue weighted by atomic mass is 10.1. The number of rotatable bonds is 5. The summed E-state index contributed by atoms with van der Waals surface area (Å²) in [6.45, 7) is 7.29. The van der Waals surface area contributed by atoms with Gasteiger partial charge in [-0.1, -0.05) is 12.1 Å². The van der Waals surface area contributed by atoms with E-state index in [4.69, 9.17) is 9.47 Å². The van der Waals surface area contributed by atoms with Gasteiger partial charge in [-0.05, 0) is 44.4 Å². The molecule has 1 aromatic carbocycles. The number of nitrogens with zero attached hydrogens (tertiary/aromatic N) is 1. The Kier molecular flexibility index (Phi) is 6.27. The van der Waals surface area contributed by atoms with Gasteiger partial charge < -0.3 is 9.47 Å². The first-order valence-electron chi connectivity index (χ1n) is 8.81. The Morgan fingerprint density at radius 1 is 1.23 bits per heavy atom. The average molecular weight is 392 g/mol. The molecule has 2 heterocycles. The molecule has 4 nitrogen and oxygen atoms in total. The lowest BCUT2D eigenvalue weighted by Crippen LogP contribution is -2.26. The summed E-state index contributed by atoms with van der Waals surface area (Å²) in [5.74, 6) is 0.818. The molecule has 0 amide bonds. The molecular weight excluding hydrogens is 366 g/mol. The molecule has 140 valence electrons. The summed E-state index contributed by atoms with van der Waals surface area (Å²) in [6.07, 6.45) is 2.00. The molecular formula is C20H25NO3S2. The third-order valence-electron chi connectivity index (χ3n) is 4.07. The third kappa shape index (κ3) is 5.02. The minimum absolute atomic E-state index is 0.184. The van der Waals surface area contributed by atoms with Gasteiger partial charge in [-0.3, -0.25) is 0 Å². The number of hydrogen-bond donors (Lipinski definition) is 0. The lowest BCUT2D eigenvalue weighted by molar-refractivity contribution is 0.0256. The molecule has 0 bridgehead atoms. The summed E-state index contributed by atoms with van der Waals surface area (Å²) in [7, 11) is -1.33. The first-order valence-corrected chi connectivity index (χ1v) is 10.9. The second-order valence-corrected chi connectivity index (χ2v) is 9.96. The zero-order valence-electron chi connectivity index (χ0n) is 15.4. The first kappa shape index (κ1) is 19.3. The van der Waals surface area contributed by atoms with E-state index in [0.717, 1.165) is 48.6 Å². The van der Waals surface area contributed by atoms with Crippen LogP contribution in [0.15, 0.2) is 45.5 Å². The highest BCUT2D eigenvalue weighted by molar-refractivity contribution is 7.85. The van der Waals surface area contributed by atoms with Crippen LogP contribution in [0, 0.1) is 0 Å². The fraction of sp³-hybridized carbons (Fsp3) is 0.450. The van der Waals surface area contributed by atoms with Crippen LogP contribution in [-0.4, -0.2) is 34.0 Å². The molecule has 1 fully saturated rings. The van der Waals surface area contributed by atoms with Crippen molar-refractivity contribution in [1.29, 1.82) is 0 Å². The van der Waals surface area contributed by atoms with E-state index in [1.165, 1.54) is 0 Å². The summed E-state index contributed by atoms with van der Waals surface area (Å²) in [5.41, 5.74) is 2.65. The SMILES string of the molecule is CC(C)(C)S(=O)N=C(c1ccsc1)c1cccc(OC2CCOCC2)c1. The highest BCUT2D eigenvalue weighted by Crippen LogP contribution is 2.24. The van der Waals surface area contributed by atoms with Crippen LogP contribution in [0.5, 0.6) is 5.75 Å². The highest BCUT2D eigenvalue weighted by Gasteiger charge is 2.21. The molecule has 0 N–H and O–H groups in total. The molecule has 1 atom stereocenters. The van der Waals surface area contributed by atoms with Gasteiger partial charge in [0.25, 0.3) is 0 Å². The first-order chi connectivity index (χ1) is 12.4. The lowest BCUT2D eigenvalue weighted by Gasteiger charge is -2.23. The van der Waals surface area contributed by atoms with Crippen LogP contribution in [0.3, 0.4) is 0 Å². The van der Waals surface area contributed by atoms with Crippen LogP contribution >= 0.6 is 11.3 Å². The normalized spacial score (nSPS) is 17.9. The standard InChI is InChI=1S/C20H25NO3S2/c1-20(2,3)26(22)21-19(16-9-12-25-14-16)15-5-4-6-18(13-15)24-17-7-10-23-11-8-17/h4-6,9,12-14,17H,7-8,10-11H2,1-3H3. The van der Waals surface area contributed by atoms with Crippen LogP contribution in [-0.2, 0) is 15.7 Å². The molecule has 3 rings (SSSR count). The van der Waals surface area contributed by atoms with Crippen LogP contribution in [0.4, 0.5) is 0 Å². The fourth-order valence-corrected chi connectivity index (χ4v) is 3.89. The van der Waals surface area contributed by atoms with Crippen molar-refractivity contribution < 1.29 is 13.7 Å². The largest absolute Gasteiger partial charge is 0.490 e. The maximum atomic E-state index is 12.6. The van der Waals surface area contributed by atoms with E-state index >= 15 is 0 Å². The number of thiophene rings is 1. The summed E-state index contributed by atoms with van der Waals surface area (Å²) in [6, 6.07) is 9.92. The van der Waals surface area contributed by atoms with E-state index in [1.54, 1.807) is 11.3 Å². The van der Waals surface area contributed by atoms with Crippen LogP contribution in [0.1, 0.15) is 44.7 Å². The highest BCUT2D eigenvalue weighted by atomic mass is 32.2. The van der Waals surface area contributed by atoms with Gasteiger partial charge in [0.05, 0.1) is 23.7 Å². The third-order valence-corrected chi connectivity index (χ3v) is 6.15. The van der Waals surface area contributed by atoms with Gasteiger partial charge in [0.1, 0.15) is 22.8 Å². The molecule has 1 saturated heterocycles. The van der Waals surface area contributed by atoms with Gasteiger partial charge in [0, 0.05) is 29.3 Å². The van der Waals surface area contributed by atoms with E-state index in [-0.39, 0.29) is 6.10 Å². The molecule has 1 aliphatic heterocycles. The van der Waals surface area contributed by atoms with Gasteiger partial charge in [-0.25, -0.2) is 4.21 Å². The second-order valence-electron chi connectivity index (χ2n) is 7.27. The molecule has 26 heavy (non-hydrogen) atoms. The minimum atomic E-state index is -1.33. The number of hydrogen-bond acceptors (Lipinski definition) is 4. The molecule has 2 aromatic rings. The van der Waals surface area contributed by atoms with Crippen molar-refractivity contribution >= 4 is 28.0 Å². The van der Waals surface area contributed by atoms with Crippen molar-refractivity contribution in [2.45, 2.75) is 44.5 Å². The van der Waals surface area contributed by atoms with Gasteiger partial charge >= 0.3 is 0 Å². The van der Waals surface area contributed by atoms with Gasteiger partial charge in [-0.2, -0.15) is 15.7 Å². The maximum Gasteiger partial charge on any atom is 0.145 e. The predicted octanol–water partition coefficient (Wildman–Crippen LogP) is 4.61. The van der Waals surface area contributed by atoms with Crippen molar-refractivity contribution in [3.63, 3.8) is 0 Å². The summed E-state index contributed by atoms with van der Waals surface area (Å²) < 4.78 is 28.3. The zero-order chi connectivity index (χ0) is 18.6. The Morgan fingerprint density at radius 3 is 2.65 bits per heavy atom. The summed E-state index contributed by atoms with van der Waals surface area (Å²) >= 11 is 1.60. The molecule has 0 spiro atoms. The molecule has 1 aromatic heterocycles. The van der Waals surface area contributed by atoms with Crippen molar-refractivity contribution in [1.82, 2.24) is 0 Å². The van der Waals surface area contributed by atoms with Crippen molar-refractivity contribution in [2.24, 2.45) is 4.40 Å². The smallest absolute Gasteiger partial charge is 0.145 e. The molecule has 0 saturated carbocycles. The minimum Gasteiger partial charge on any atom is -0.490 e.